The lowest BCUT2D eigenvalue weighted by Gasteiger charge is -2.48. The predicted molar refractivity (Wildman–Crippen MR) is 167 cm³/mol. The zero-order chi connectivity index (χ0) is 36.1. The third-order valence-corrected chi connectivity index (χ3v) is 7.94. The van der Waals surface area contributed by atoms with Gasteiger partial charge in [-0.15, -0.1) is 0 Å². The summed E-state index contributed by atoms with van der Waals surface area (Å²) in [5.41, 5.74) is -3.08. The van der Waals surface area contributed by atoms with E-state index >= 15 is 0 Å². The first-order valence-corrected chi connectivity index (χ1v) is 15.6. The van der Waals surface area contributed by atoms with Gasteiger partial charge in [-0.3, -0.25) is 0 Å². The molecule has 0 bridgehead atoms. The van der Waals surface area contributed by atoms with Gasteiger partial charge in [0.2, 0.25) is 5.95 Å². The Labute approximate surface area is 279 Å². The molecular weight excluding hydrogens is 658 g/mol. The quantitative estimate of drug-likeness (QED) is 0.215. The first-order valence-electron chi connectivity index (χ1n) is 15.6. The van der Waals surface area contributed by atoms with Gasteiger partial charge >= 0.3 is 24.4 Å². The number of hydrogen-bond acceptors (Lipinski definition) is 7. The van der Waals surface area contributed by atoms with Crippen molar-refractivity contribution in [1.29, 1.82) is 0 Å². The van der Waals surface area contributed by atoms with Crippen LogP contribution in [0, 0.1) is 0 Å². The molecule has 0 unspecified atom stereocenters. The average Bonchev–Trinajstić information content (AvgIpc) is 3.01. The molecule has 1 amide bonds. The van der Waals surface area contributed by atoms with Crippen LogP contribution in [0.4, 0.5) is 37.1 Å². The topological polar surface area (TPSA) is 105 Å². The van der Waals surface area contributed by atoms with Crippen LogP contribution in [-0.2, 0) is 34.8 Å². The normalized spacial score (nSPS) is 18.6. The molecule has 49 heavy (non-hydrogen) atoms. The Morgan fingerprint density at radius 3 is 1.98 bits per heavy atom. The summed E-state index contributed by atoms with van der Waals surface area (Å²) in [6.45, 7) is 6.00. The monoisotopic (exact) mass is 696 g/mol. The van der Waals surface area contributed by atoms with Crippen molar-refractivity contribution < 1.29 is 50.5 Å². The maximum absolute atomic E-state index is 13.8. The Morgan fingerprint density at radius 2 is 1.47 bits per heavy atom. The van der Waals surface area contributed by atoms with Gasteiger partial charge in [-0.2, -0.15) is 26.3 Å². The highest BCUT2D eigenvalue weighted by Crippen LogP contribution is 2.38. The van der Waals surface area contributed by atoms with Crippen LogP contribution < -0.4 is 9.64 Å². The summed E-state index contributed by atoms with van der Waals surface area (Å²) in [6, 6.07) is 9.29. The van der Waals surface area contributed by atoms with Gasteiger partial charge in [0, 0.05) is 24.7 Å². The second-order valence-corrected chi connectivity index (χ2v) is 12.9. The SMILES string of the molecule is CC[C@@H]1C[C@H](N(Cc2cc(C(F)(F)F)cc(C(F)(F)F)c2)c2ncc(OCC(=O)O)cn2)C[C@H](Cc2ccccc2)N1C(=O)OC(C)(C)C. The fourth-order valence-electron chi connectivity index (χ4n) is 5.90. The van der Waals surface area contributed by atoms with Gasteiger partial charge in [0.15, 0.2) is 12.4 Å². The molecule has 0 radical (unpaired) electrons. The summed E-state index contributed by atoms with van der Waals surface area (Å²) in [7, 11) is 0. The Hall–Kier alpha value is -4.56. The van der Waals surface area contributed by atoms with Crippen LogP contribution in [-0.4, -0.2) is 62.4 Å². The summed E-state index contributed by atoms with van der Waals surface area (Å²) in [6.07, 6.45) is -6.89. The number of alkyl halides is 6. The molecule has 3 atom stereocenters. The van der Waals surface area contributed by atoms with Crippen molar-refractivity contribution in [3.63, 3.8) is 0 Å². The minimum absolute atomic E-state index is 0.00217. The summed E-state index contributed by atoms with van der Waals surface area (Å²) in [4.78, 5) is 36.4. The van der Waals surface area contributed by atoms with E-state index in [2.05, 4.69) is 9.97 Å². The molecule has 15 heteroatoms. The van der Waals surface area contributed by atoms with Gasteiger partial charge in [0.25, 0.3) is 0 Å². The number of ether oxygens (including phenoxy) is 2. The first kappa shape index (κ1) is 37.3. The van der Waals surface area contributed by atoms with Gasteiger partial charge in [-0.25, -0.2) is 19.6 Å². The van der Waals surface area contributed by atoms with E-state index in [1.165, 1.54) is 17.3 Å². The number of aromatic nitrogens is 2. The standard InChI is InChI=1S/C34H38F6N4O5/c1-5-25-15-26(16-27(13-21-9-7-6-8-10-21)44(25)31(47)49-32(2,3)4)43(30-41-17-28(18-42-30)48-20-29(45)46)19-22-11-23(33(35,36)37)14-24(12-22)34(38,39)40/h6-12,14,17-18,25-27H,5,13,15-16,19-20H2,1-4H3,(H,45,46)/t25-,26+,27+/m1/s1. The maximum atomic E-state index is 13.8. The van der Waals surface area contributed by atoms with Crippen molar-refractivity contribution in [3.8, 4) is 5.75 Å². The van der Waals surface area contributed by atoms with Crippen molar-refractivity contribution in [3.05, 3.63) is 83.2 Å². The largest absolute Gasteiger partial charge is 0.479 e. The number of likely N-dealkylation sites (tertiary alicyclic amines) is 1. The molecule has 1 saturated heterocycles. The molecule has 1 N–H and O–H groups in total. The number of rotatable bonds is 10. The number of carbonyl (C=O) groups excluding carboxylic acids is 1. The van der Waals surface area contributed by atoms with Crippen molar-refractivity contribution >= 4 is 18.0 Å². The fourth-order valence-corrected chi connectivity index (χ4v) is 5.90. The van der Waals surface area contributed by atoms with Crippen molar-refractivity contribution in [2.45, 2.75) is 96.0 Å². The van der Waals surface area contributed by atoms with E-state index in [4.69, 9.17) is 14.6 Å². The maximum Gasteiger partial charge on any atom is 0.416 e. The lowest BCUT2D eigenvalue weighted by molar-refractivity contribution is -0.143. The molecule has 3 aromatic rings. The molecular formula is C34H38F6N4O5. The van der Waals surface area contributed by atoms with Crippen LogP contribution in [0.5, 0.6) is 5.75 Å². The smallest absolute Gasteiger partial charge is 0.416 e. The van der Waals surface area contributed by atoms with E-state index in [0.29, 0.717) is 25.0 Å². The van der Waals surface area contributed by atoms with Crippen molar-refractivity contribution in [1.82, 2.24) is 14.9 Å². The summed E-state index contributed by atoms with van der Waals surface area (Å²) in [5.74, 6) is -1.28. The van der Waals surface area contributed by atoms with Crippen LogP contribution in [0.3, 0.4) is 0 Å². The van der Waals surface area contributed by atoms with Crippen LogP contribution in [0.15, 0.2) is 60.9 Å². The number of nitrogens with zero attached hydrogens (tertiary/aromatic N) is 4. The molecule has 0 saturated carbocycles. The van der Waals surface area contributed by atoms with E-state index < -0.39 is 72.4 Å². The molecule has 2 heterocycles. The number of carboxylic acid groups (broad SMARTS) is 1. The zero-order valence-corrected chi connectivity index (χ0v) is 27.4. The van der Waals surface area contributed by atoms with Gasteiger partial charge in [0.05, 0.1) is 23.5 Å². The third kappa shape index (κ3) is 10.2. The Bertz CT molecular complexity index is 1550. The molecule has 1 aliphatic heterocycles. The van der Waals surface area contributed by atoms with Crippen LogP contribution in [0.1, 0.15) is 69.2 Å². The average molecular weight is 697 g/mol. The molecule has 9 nitrogen and oxygen atoms in total. The van der Waals surface area contributed by atoms with Gasteiger partial charge in [-0.05, 0) is 75.8 Å². The summed E-state index contributed by atoms with van der Waals surface area (Å²) < 4.78 is 93.7. The summed E-state index contributed by atoms with van der Waals surface area (Å²) >= 11 is 0. The predicted octanol–water partition coefficient (Wildman–Crippen LogP) is 7.77. The molecule has 4 rings (SSSR count). The molecule has 0 aliphatic carbocycles. The number of aliphatic carboxylic acids is 1. The molecule has 2 aromatic carbocycles. The second-order valence-electron chi connectivity index (χ2n) is 12.9. The first-order chi connectivity index (χ1) is 22.8. The number of carboxylic acids is 1. The highest BCUT2D eigenvalue weighted by atomic mass is 19.4. The van der Waals surface area contributed by atoms with Gasteiger partial charge < -0.3 is 24.4 Å². The molecule has 0 spiro atoms. The number of carbonyl (C=O) groups is 2. The van der Waals surface area contributed by atoms with Crippen molar-refractivity contribution in [2.24, 2.45) is 0 Å². The lowest BCUT2D eigenvalue weighted by Crippen LogP contribution is -2.58. The van der Waals surface area contributed by atoms with E-state index in [0.717, 1.165) is 5.56 Å². The van der Waals surface area contributed by atoms with E-state index in [9.17, 15) is 35.9 Å². The molecule has 266 valence electrons. The number of amides is 1. The Morgan fingerprint density at radius 1 is 0.898 bits per heavy atom. The fraction of sp³-hybridized carbons (Fsp3) is 0.471. The zero-order valence-electron chi connectivity index (χ0n) is 27.4. The second kappa shape index (κ2) is 14.9. The minimum atomic E-state index is -5.05. The van der Waals surface area contributed by atoms with Gasteiger partial charge in [0.1, 0.15) is 5.60 Å². The van der Waals surface area contributed by atoms with Crippen molar-refractivity contribution in [2.75, 3.05) is 11.5 Å². The number of piperidine rings is 1. The number of benzene rings is 2. The highest BCUT2D eigenvalue weighted by molar-refractivity contribution is 5.69. The number of hydrogen-bond donors (Lipinski definition) is 1. The van der Waals surface area contributed by atoms with E-state index in [1.807, 2.05) is 37.3 Å². The lowest BCUT2D eigenvalue weighted by atomic mass is 9.86. The summed E-state index contributed by atoms with van der Waals surface area (Å²) in [5, 5.41) is 8.94. The number of anilines is 1. The molecule has 1 aliphatic rings. The minimum Gasteiger partial charge on any atom is -0.479 e. The van der Waals surface area contributed by atoms with Crippen LogP contribution in [0.25, 0.3) is 0 Å². The van der Waals surface area contributed by atoms with Crippen LogP contribution in [0.2, 0.25) is 0 Å². The van der Waals surface area contributed by atoms with E-state index in [1.54, 1.807) is 25.7 Å². The molecule has 1 aromatic heterocycles. The third-order valence-electron chi connectivity index (χ3n) is 7.94. The Balaban J connectivity index is 1.80. The number of halogens is 6. The van der Waals surface area contributed by atoms with Gasteiger partial charge in [-0.1, -0.05) is 37.3 Å². The highest BCUT2D eigenvalue weighted by Gasteiger charge is 2.43. The molecule has 1 fully saturated rings. The van der Waals surface area contributed by atoms with Crippen LogP contribution >= 0.6 is 0 Å². The Kier molecular flexibility index (Phi) is 11.3. The van der Waals surface area contributed by atoms with E-state index in [-0.39, 0.29) is 36.2 Å².